The van der Waals surface area contributed by atoms with Crippen molar-refractivity contribution in [2.45, 2.75) is 25.9 Å². The fourth-order valence-electron chi connectivity index (χ4n) is 3.42. The smallest absolute Gasteiger partial charge is 0.0659 e. The maximum atomic E-state index is 9.37. The average Bonchev–Trinajstić information content (AvgIpc) is 3.04. The summed E-state index contributed by atoms with van der Waals surface area (Å²) in [5.74, 6) is 0.685. The number of rotatable bonds is 8. The van der Waals surface area contributed by atoms with Gasteiger partial charge in [-0.05, 0) is 37.4 Å². The van der Waals surface area contributed by atoms with Gasteiger partial charge in [0.05, 0.1) is 19.3 Å². The Morgan fingerprint density at radius 1 is 1.24 bits per heavy atom. The Kier molecular flexibility index (Phi) is 8.41. The Balaban J connectivity index is 0.00000225. The molecule has 2 N–H and O–H groups in total. The van der Waals surface area contributed by atoms with Crippen LogP contribution in [0.1, 0.15) is 24.0 Å². The summed E-state index contributed by atoms with van der Waals surface area (Å²) in [5.41, 5.74) is 2.47. The van der Waals surface area contributed by atoms with Crippen LogP contribution >= 0.6 is 12.4 Å². The molecule has 1 saturated heterocycles. The molecule has 2 aromatic rings. The van der Waals surface area contributed by atoms with Gasteiger partial charge in [-0.1, -0.05) is 30.3 Å². The molecule has 138 valence electrons. The first-order chi connectivity index (χ1) is 11.8. The van der Waals surface area contributed by atoms with Gasteiger partial charge in [-0.2, -0.15) is 5.10 Å². The van der Waals surface area contributed by atoms with Crippen molar-refractivity contribution in [2.24, 2.45) is 5.92 Å². The van der Waals surface area contributed by atoms with Gasteiger partial charge in [0.1, 0.15) is 0 Å². The first-order valence-electron chi connectivity index (χ1n) is 8.92. The molecule has 0 amide bonds. The number of benzene rings is 1. The molecule has 0 radical (unpaired) electrons. The predicted molar refractivity (Wildman–Crippen MR) is 103 cm³/mol. The number of aromatic nitrogens is 2. The number of hydrogen-bond donors (Lipinski definition) is 2. The van der Waals surface area contributed by atoms with Crippen LogP contribution in [0.2, 0.25) is 0 Å². The second kappa shape index (κ2) is 10.6. The molecule has 1 fully saturated rings. The van der Waals surface area contributed by atoms with Crippen LogP contribution in [0.4, 0.5) is 0 Å². The van der Waals surface area contributed by atoms with E-state index in [1.807, 2.05) is 16.9 Å². The van der Waals surface area contributed by atoms with Crippen LogP contribution in [0.25, 0.3) is 0 Å². The Hall–Kier alpha value is -1.40. The van der Waals surface area contributed by atoms with Crippen molar-refractivity contribution in [1.82, 2.24) is 20.0 Å². The van der Waals surface area contributed by atoms with Gasteiger partial charge < -0.3 is 10.4 Å². The third-order valence-corrected chi connectivity index (χ3v) is 4.61. The Labute approximate surface area is 156 Å². The highest BCUT2D eigenvalue weighted by molar-refractivity contribution is 5.85. The molecular weight excluding hydrogens is 336 g/mol. The van der Waals surface area contributed by atoms with Crippen LogP contribution in [0, 0.1) is 5.92 Å². The SMILES string of the molecule is Cl.OCCN(Cc1cnn(Cc2ccccc2)c1)CC1CCCNC1. The number of aliphatic hydroxyl groups excluding tert-OH is 1. The Morgan fingerprint density at radius 3 is 2.80 bits per heavy atom. The molecule has 1 atom stereocenters. The molecule has 1 aliphatic heterocycles. The molecule has 1 aromatic heterocycles. The highest BCUT2D eigenvalue weighted by atomic mass is 35.5. The van der Waals surface area contributed by atoms with Gasteiger partial charge in [0.25, 0.3) is 0 Å². The number of piperidine rings is 1. The van der Waals surface area contributed by atoms with Gasteiger partial charge in [-0.15, -0.1) is 12.4 Å². The van der Waals surface area contributed by atoms with E-state index >= 15 is 0 Å². The highest BCUT2D eigenvalue weighted by Crippen LogP contribution is 2.14. The van der Waals surface area contributed by atoms with Crippen LogP contribution in [0.3, 0.4) is 0 Å². The van der Waals surface area contributed by atoms with E-state index in [1.165, 1.54) is 24.0 Å². The summed E-state index contributed by atoms with van der Waals surface area (Å²) in [5, 5.41) is 17.3. The molecule has 0 spiro atoms. The molecule has 0 saturated carbocycles. The molecular formula is C19H29ClN4O. The van der Waals surface area contributed by atoms with Crippen molar-refractivity contribution < 1.29 is 5.11 Å². The maximum absolute atomic E-state index is 9.37. The van der Waals surface area contributed by atoms with Crippen LogP contribution in [-0.4, -0.2) is 52.6 Å². The minimum atomic E-state index is 0. The summed E-state index contributed by atoms with van der Waals surface area (Å²) >= 11 is 0. The maximum Gasteiger partial charge on any atom is 0.0659 e. The lowest BCUT2D eigenvalue weighted by molar-refractivity contribution is 0.158. The minimum Gasteiger partial charge on any atom is -0.395 e. The van der Waals surface area contributed by atoms with Crippen LogP contribution in [-0.2, 0) is 13.1 Å². The third kappa shape index (κ3) is 6.44. The van der Waals surface area contributed by atoms with E-state index in [0.717, 1.165) is 39.3 Å². The summed E-state index contributed by atoms with van der Waals surface area (Å²) in [4.78, 5) is 2.35. The summed E-state index contributed by atoms with van der Waals surface area (Å²) < 4.78 is 1.99. The molecule has 1 aliphatic rings. The van der Waals surface area contributed by atoms with E-state index < -0.39 is 0 Å². The van der Waals surface area contributed by atoms with Crippen LogP contribution < -0.4 is 5.32 Å². The molecule has 0 bridgehead atoms. The summed E-state index contributed by atoms with van der Waals surface area (Å²) in [7, 11) is 0. The Bertz CT molecular complexity index is 598. The number of halogens is 1. The lowest BCUT2D eigenvalue weighted by Gasteiger charge is -2.29. The quantitative estimate of drug-likeness (QED) is 0.753. The minimum absolute atomic E-state index is 0. The van der Waals surface area contributed by atoms with E-state index in [-0.39, 0.29) is 19.0 Å². The van der Waals surface area contributed by atoms with Crippen molar-refractivity contribution in [3.8, 4) is 0 Å². The molecule has 0 aliphatic carbocycles. The fourth-order valence-corrected chi connectivity index (χ4v) is 3.42. The molecule has 1 unspecified atom stereocenters. The van der Waals surface area contributed by atoms with Gasteiger partial charge in [0.2, 0.25) is 0 Å². The molecule has 6 heteroatoms. The summed E-state index contributed by atoms with van der Waals surface area (Å²) in [6, 6.07) is 10.4. The highest BCUT2D eigenvalue weighted by Gasteiger charge is 2.17. The molecule has 5 nitrogen and oxygen atoms in total. The summed E-state index contributed by atoms with van der Waals surface area (Å²) in [6.45, 7) is 5.85. The van der Waals surface area contributed by atoms with E-state index in [0.29, 0.717) is 5.92 Å². The zero-order valence-corrected chi connectivity index (χ0v) is 15.5. The normalized spacial score (nSPS) is 17.4. The number of nitrogens with zero attached hydrogens (tertiary/aromatic N) is 3. The Morgan fingerprint density at radius 2 is 2.08 bits per heavy atom. The second-order valence-electron chi connectivity index (χ2n) is 6.70. The average molecular weight is 365 g/mol. The predicted octanol–water partition coefficient (Wildman–Crippen LogP) is 2.15. The second-order valence-corrected chi connectivity index (χ2v) is 6.70. The van der Waals surface area contributed by atoms with Gasteiger partial charge >= 0.3 is 0 Å². The van der Waals surface area contributed by atoms with Crippen molar-refractivity contribution in [3.63, 3.8) is 0 Å². The van der Waals surface area contributed by atoms with Gasteiger partial charge in [-0.3, -0.25) is 9.58 Å². The molecule has 3 rings (SSSR count). The largest absolute Gasteiger partial charge is 0.395 e. The molecule has 25 heavy (non-hydrogen) atoms. The van der Waals surface area contributed by atoms with Crippen molar-refractivity contribution in [3.05, 3.63) is 53.9 Å². The molecule has 2 heterocycles. The van der Waals surface area contributed by atoms with E-state index in [2.05, 4.69) is 45.8 Å². The first-order valence-corrected chi connectivity index (χ1v) is 8.92. The topological polar surface area (TPSA) is 53.3 Å². The van der Waals surface area contributed by atoms with E-state index in [4.69, 9.17) is 0 Å². The number of hydrogen-bond acceptors (Lipinski definition) is 4. The standard InChI is InChI=1S/C19H28N4O.ClH/c24-10-9-22(13-18-7-4-8-20-11-18)14-19-12-21-23(16-19)15-17-5-2-1-3-6-17;/h1-3,5-6,12,16,18,20,24H,4,7-11,13-15H2;1H. The van der Waals surface area contributed by atoms with Crippen molar-refractivity contribution in [1.29, 1.82) is 0 Å². The monoisotopic (exact) mass is 364 g/mol. The van der Waals surface area contributed by atoms with Gasteiger partial charge in [0.15, 0.2) is 0 Å². The summed E-state index contributed by atoms with van der Waals surface area (Å²) in [6.07, 6.45) is 6.61. The molecule has 1 aromatic carbocycles. The van der Waals surface area contributed by atoms with Crippen LogP contribution in [0.5, 0.6) is 0 Å². The van der Waals surface area contributed by atoms with Gasteiger partial charge in [-0.25, -0.2) is 0 Å². The zero-order valence-electron chi connectivity index (χ0n) is 14.7. The number of aliphatic hydroxyl groups is 1. The van der Waals surface area contributed by atoms with Crippen molar-refractivity contribution in [2.75, 3.05) is 32.8 Å². The van der Waals surface area contributed by atoms with E-state index in [1.54, 1.807) is 0 Å². The lowest BCUT2D eigenvalue weighted by Crippen LogP contribution is -2.39. The lowest BCUT2D eigenvalue weighted by atomic mass is 9.99. The third-order valence-electron chi connectivity index (χ3n) is 4.61. The number of nitrogens with one attached hydrogen (secondary N) is 1. The fraction of sp³-hybridized carbons (Fsp3) is 0.526. The van der Waals surface area contributed by atoms with E-state index in [9.17, 15) is 5.11 Å². The van der Waals surface area contributed by atoms with Crippen LogP contribution in [0.15, 0.2) is 42.7 Å². The van der Waals surface area contributed by atoms with Gasteiger partial charge in [0, 0.05) is 31.4 Å². The van der Waals surface area contributed by atoms with Crippen molar-refractivity contribution >= 4 is 12.4 Å². The zero-order chi connectivity index (χ0) is 16.6. The first kappa shape index (κ1) is 19.9.